The summed E-state index contributed by atoms with van der Waals surface area (Å²) in [5, 5.41) is 8.28. The normalized spacial score (nSPS) is 12.8. The van der Waals surface area contributed by atoms with Crippen molar-refractivity contribution in [2.75, 3.05) is 0 Å². The van der Waals surface area contributed by atoms with Gasteiger partial charge in [-0.3, -0.25) is 0 Å². The number of halogens is 3. The first kappa shape index (κ1) is 12.5. The zero-order valence-electron chi connectivity index (χ0n) is 8.75. The van der Waals surface area contributed by atoms with Gasteiger partial charge < -0.3 is 5.73 Å². The van der Waals surface area contributed by atoms with Crippen LogP contribution < -0.4 is 5.73 Å². The molecular formula is C10H8BrF2N3S. The van der Waals surface area contributed by atoms with E-state index in [1.165, 1.54) is 12.1 Å². The Balaban J connectivity index is 2.52. The molecular weight excluding hydrogens is 312 g/mol. The van der Waals surface area contributed by atoms with Gasteiger partial charge in [-0.15, -0.1) is 10.2 Å². The van der Waals surface area contributed by atoms with Crippen LogP contribution in [0.5, 0.6) is 0 Å². The van der Waals surface area contributed by atoms with E-state index in [-0.39, 0.29) is 16.6 Å². The minimum Gasteiger partial charge on any atom is -0.322 e. The lowest BCUT2D eigenvalue weighted by Gasteiger charge is -2.01. The summed E-state index contributed by atoms with van der Waals surface area (Å²) >= 11 is 4.10. The predicted molar refractivity (Wildman–Crippen MR) is 65.6 cm³/mol. The molecule has 2 aromatic rings. The van der Waals surface area contributed by atoms with Gasteiger partial charge in [0.25, 0.3) is 0 Å². The number of hydrogen-bond donors (Lipinski definition) is 1. The Morgan fingerprint density at radius 3 is 2.35 bits per heavy atom. The molecule has 7 heteroatoms. The van der Waals surface area contributed by atoms with Crippen LogP contribution in [-0.2, 0) is 0 Å². The second-order valence-corrected chi connectivity index (χ2v) is 5.40. The lowest BCUT2D eigenvalue weighted by molar-refractivity contribution is 0.587. The van der Waals surface area contributed by atoms with Gasteiger partial charge in [0, 0.05) is 4.47 Å². The van der Waals surface area contributed by atoms with Crippen LogP contribution >= 0.6 is 27.3 Å². The standard InChI is InChI=1S/C10H8BrF2N3S/c1-4(14)9-15-16-10(17-9)8-6(12)2-5(11)3-7(8)13/h2-4H,14H2,1H3. The van der Waals surface area contributed by atoms with Crippen molar-refractivity contribution >= 4 is 27.3 Å². The second kappa shape index (κ2) is 4.75. The van der Waals surface area contributed by atoms with Crippen molar-refractivity contribution in [3.8, 4) is 10.6 Å². The van der Waals surface area contributed by atoms with E-state index in [4.69, 9.17) is 5.73 Å². The quantitative estimate of drug-likeness (QED) is 0.924. The third-order valence-corrected chi connectivity index (χ3v) is 3.65. The average Bonchev–Trinajstić information content (AvgIpc) is 2.65. The number of rotatable bonds is 2. The van der Waals surface area contributed by atoms with E-state index < -0.39 is 11.6 Å². The first-order valence-corrected chi connectivity index (χ1v) is 6.34. The van der Waals surface area contributed by atoms with Crippen molar-refractivity contribution in [3.05, 3.63) is 33.2 Å². The molecule has 2 rings (SSSR count). The Morgan fingerprint density at radius 1 is 1.29 bits per heavy atom. The lowest BCUT2D eigenvalue weighted by Crippen LogP contribution is -2.03. The highest BCUT2D eigenvalue weighted by atomic mass is 79.9. The molecule has 0 radical (unpaired) electrons. The van der Waals surface area contributed by atoms with Gasteiger partial charge in [0.05, 0.1) is 11.6 Å². The van der Waals surface area contributed by atoms with Gasteiger partial charge in [0.15, 0.2) is 5.01 Å². The van der Waals surface area contributed by atoms with Gasteiger partial charge in [0.2, 0.25) is 0 Å². The maximum Gasteiger partial charge on any atom is 0.153 e. The molecule has 0 spiro atoms. The van der Waals surface area contributed by atoms with Crippen molar-refractivity contribution in [3.63, 3.8) is 0 Å². The van der Waals surface area contributed by atoms with Crippen LogP contribution in [-0.4, -0.2) is 10.2 Å². The van der Waals surface area contributed by atoms with Gasteiger partial charge in [-0.1, -0.05) is 27.3 Å². The highest BCUT2D eigenvalue weighted by Crippen LogP contribution is 2.32. The Hall–Kier alpha value is -0.920. The number of nitrogens with two attached hydrogens (primary N) is 1. The summed E-state index contributed by atoms with van der Waals surface area (Å²) in [6.45, 7) is 1.73. The maximum absolute atomic E-state index is 13.6. The molecule has 1 heterocycles. The topological polar surface area (TPSA) is 51.8 Å². The van der Waals surface area contributed by atoms with E-state index in [9.17, 15) is 8.78 Å². The Bertz CT molecular complexity index is 533. The first-order chi connectivity index (χ1) is 7.99. The van der Waals surface area contributed by atoms with E-state index >= 15 is 0 Å². The van der Waals surface area contributed by atoms with Crippen molar-refractivity contribution in [1.82, 2.24) is 10.2 Å². The molecule has 0 amide bonds. The lowest BCUT2D eigenvalue weighted by atomic mass is 10.2. The van der Waals surface area contributed by atoms with Crippen molar-refractivity contribution in [1.29, 1.82) is 0 Å². The molecule has 2 N–H and O–H groups in total. The highest BCUT2D eigenvalue weighted by Gasteiger charge is 2.18. The second-order valence-electron chi connectivity index (χ2n) is 3.48. The molecule has 0 saturated heterocycles. The summed E-state index contributed by atoms with van der Waals surface area (Å²) in [6, 6.07) is 2.07. The fraction of sp³-hybridized carbons (Fsp3) is 0.200. The average molecular weight is 320 g/mol. The van der Waals surface area contributed by atoms with Gasteiger partial charge in [-0.25, -0.2) is 8.78 Å². The summed E-state index contributed by atoms with van der Waals surface area (Å²) in [5.41, 5.74) is 5.45. The largest absolute Gasteiger partial charge is 0.322 e. The monoisotopic (exact) mass is 319 g/mol. The van der Waals surface area contributed by atoms with Crippen LogP contribution in [0.1, 0.15) is 18.0 Å². The Morgan fingerprint density at radius 2 is 1.88 bits per heavy atom. The number of aromatic nitrogens is 2. The van der Waals surface area contributed by atoms with Crippen LogP contribution in [0.3, 0.4) is 0 Å². The molecule has 3 nitrogen and oxygen atoms in total. The summed E-state index contributed by atoms with van der Waals surface area (Å²) in [5.74, 6) is -1.35. The molecule has 0 aliphatic rings. The molecule has 1 aromatic heterocycles. The summed E-state index contributed by atoms with van der Waals surface area (Å²) in [7, 11) is 0. The van der Waals surface area contributed by atoms with Gasteiger partial charge >= 0.3 is 0 Å². The number of hydrogen-bond acceptors (Lipinski definition) is 4. The highest BCUT2D eigenvalue weighted by molar-refractivity contribution is 9.10. The van der Waals surface area contributed by atoms with Gasteiger partial charge in [0.1, 0.15) is 16.6 Å². The molecule has 1 aromatic carbocycles. The summed E-state index contributed by atoms with van der Waals surface area (Å²) < 4.78 is 27.6. The Labute approximate surface area is 109 Å². The van der Waals surface area contributed by atoms with Crippen LogP contribution in [0.15, 0.2) is 16.6 Å². The third kappa shape index (κ3) is 2.51. The molecule has 0 aliphatic heterocycles. The predicted octanol–water partition coefficient (Wildman–Crippen LogP) is 3.27. The fourth-order valence-corrected chi connectivity index (χ4v) is 2.51. The third-order valence-electron chi connectivity index (χ3n) is 2.05. The van der Waals surface area contributed by atoms with Crippen molar-refractivity contribution in [2.24, 2.45) is 5.73 Å². The van der Waals surface area contributed by atoms with Crippen LogP contribution in [0.4, 0.5) is 8.78 Å². The smallest absolute Gasteiger partial charge is 0.153 e. The zero-order valence-corrected chi connectivity index (χ0v) is 11.1. The van der Waals surface area contributed by atoms with Crippen LogP contribution in [0, 0.1) is 11.6 Å². The molecule has 17 heavy (non-hydrogen) atoms. The van der Waals surface area contributed by atoms with Crippen molar-refractivity contribution < 1.29 is 8.78 Å². The van der Waals surface area contributed by atoms with E-state index in [1.54, 1.807) is 6.92 Å². The molecule has 0 bridgehead atoms. The molecule has 0 fully saturated rings. The zero-order chi connectivity index (χ0) is 12.6. The molecule has 0 saturated carbocycles. The SMILES string of the molecule is CC(N)c1nnc(-c2c(F)cc(Br)cc2F)s1. The fourth-order valence-electron chi connectivity index (χ4n) is 1.27. The molecule has 1 unspecified atom stereocenters. The van der Waals surface area contributed by atoms with Crippen molar-refractivity contribution in [2.45, 2.75) is 13.0 Å². The number of benzene rings is 1. The first-order valence-electron chi connectivity index (χ1n) is 4.73. The summed E-state index contributed by atoms with van der Waals surface area (Å²) in [4.78, 5) is 0. The minimum absolute atomic E-state index is 0.169. The van der Waals surface area contributed by atoms with E-state index in [0.29, 0.717) is 9.48 Å². The van der Waals surface area contributed by atoms with E-state index in [1.807, 2.05) is 0 Å². The number of nitrogens with zero attached hydrogens (tertiary/aromatic N) is 2. The van der Waals surface area contributed by atoms with Crippen LogP contribution in [0.2, 0.25) is 0 Å². The molecule has 90 valence electrons. The maximum atomic E-state index is 13.6. The van der Waals surface area contributed by atoms with E-state index in [2.05, 4.69) is 26.1 Å². The minimum atomic E-state index is -0.677. The van der Waals surface area contributed by atoms with Crippen LogP contribution in [0.25, 0.3) is 10.6 Å². The van der Waals surface area contributed by atoms with E-state index in [0.717, 1.165) is 11.3 Å². The van der Waals surface area contributed by atoms with Gasteiger partial charge in [-0.2, -0.15) is 0 Å². The Kier molecular flexibility index (Phi) is 3.50. The van der Waals surface area contributed by atoms with Gasteiger partial charge in [-0.05, 0) is 19.1 Å². The molecule has 1 atom stereocenters. The molecule has 0 aliphatic carbocycles. The summed E-state index contributed by atoms with van der Waals surface area (Å²) in [6.07, 6.45) is 0.